The minimum absolute atomic E-state index is 0.305. The summed E-state index contributed by atoms with van der Waals surface area (Å²) in [5.41, 5.74) is 8.54. The fraction of sp³-hybridized carbons (Fsp3) is 0.533. The van der Waals surface area contributed by atoms with E-state index in [1.165, 1.54) is 11.1 Å². The molecule has 0 fully saturated rings. The van der Waals surface area contributed by atoms with Crippen LogP contribution in [0.1, 0.15) is 66.9 Å². The Kier molecular flexibility index (Phi) is 5.20. The predicted molar refractivity (Wildman–Crippen MR) is 72.3 cm³/mol. The van der Waals surface area contributed by atoms with Crippen molar-refractivity contribution in [3.05, 3.63) is 34.9 Å². The zero-order valence-corrected chi connectivity index (χ0v) is 11.1. The molecule has 0 saturated heterocycles. The Labute approximate surface area is 104 Å². The minimum atomic E-state index is -0.305. The Balaban J connectivity index is 3.19. The van der Waals surface area contributed by atoms with E-state index in [2.05, 4.69) is 26.8 Å². The van der Waals surface area contributed by atoms with Gasteiger partial charge in [0.1, 0.15) is 0 Å². The summed E-state index contributed by atoms with van der Waals surface area (Å²) in [5.74, 6) is 0.162. The minimum Gasteiger partial charge on any atom is -0.366 e. The van der Waals surface area contributed by atoms with Crippen LogP contribution in [0.15, 0.2) is 18.2 Å². The highest BCUT2D eigenvalue weighted by atomic mass is 16.1. The van der Waals surface area contributed by atoms with Gasteiger partial charge in [-0.3, -0.25) is 4.79 Å². The summed E-state index contributed by atoms with van der Waals surface area (Å²) in [7, 11) is 0. The molecule has 0 heterocycles. The topological polar surface area (TPSA) is 43.1 Å². The number of carbonyl (C=O) groups excluding carboxylic acids is 1. The number of nitrogens with two attached hydrogens (primary N) is 1. The normalized spacial score (nSPS) is 10.8. The monoisotopic (exact) mass is 233 g/mol. The average Bonchev–Trinajstić information content (AvgIpc) is 2.28. The van der Waals surface area contributed by atoms with E-state index in [1.54, 1.807) is 0 Å². The first kappa shape index (κ1) is 13.8. The standard InChI is InChI=1S/C15H23NO/c1-4-7-12(8-5-2)14-11(3)9-6-10-13(14)15(16)17/h6,9-10,12H,4-5,7-8H2,1-3H3,(H2,16,17). The molecule has 0 unspecified atom stereocenters. The number of aryl methyl sites for hydroxylation is 1. The van der Waals surface area contributed by atoms with E-state index in [9.17, 15) is 4.79 Å². The maximum Gasteiger partial charge on any atom is 0.248 e. The summed E-state index contributed by atoms with van der Waals surface area (Å²) < 4.78 is 0. The van der Waals surface area contributed by atoms with Gasteiger partial charge in [-0.05, 0) is 42.9 Å². The molecule has 0 aromatic heterocycles. The van der Waals surface area contributed by atoms with Crippen LogP contribution in [-0.4, -0.2) is 5.91 Å². The Bertz CT molecular complexity index is 379. The quantitative estimate of drug-likeness (QED) is 0.798. The van der Waals surface area contributed by atoms with Crippen LogP contribution in [0.2, 0.25) is 0 Å². The van der Waals surface area contributed by atoms with Gasteiger partial charge in [-0.1, -0.05) is 38.8 Å². The maximum atomic E-state index is 11.5. The molecule has 1 amide bonds. The molecule has 0 bridgehead atoms. The molecule has 2 nitrogen and oxygen atoms in total. The van der Waals surface area contributed by atoms with Crippen molar-refractivity contribution in [1.29, 1.82) is 0 Å². The average molecular weight is 233 g/mol. The lowest BCUT2D eigenvalue weighted by Gasteiger charge is -2.20. The molecule has 0 aliphatic carbocycles. The first-order valence-corrected chi connectivity index (χ1v) is 6.51. The Hall–Kier alpha value is -1.31. The molecule has 0 atom stereocenters. The van der Waals surface area contributed by atoms with Gasteiger partial charge in [0.25, 0.3) is 0 Å². The van der Waals surface area contributed by atoms with Gasteiger partial charge in [-0.15, -0.1) is 0 Å². The number of rotatable bonds is 6. The second-order valence-corrected chi connectivity index (χ2v) is 4.67. The number of benzene rings is 1. The van der Waals surface area contributed by atoms with Crippen LogP contribution in [0, 0.1) is 6.92 Å². The maximum absolute atomic E-state index is 11.5. The summed E-state index contributed by atoms with van der Waals surface area (Å²) in [4.78, 5) is 11.5. The molecule has 0 aliphatic heterocycles. The second-order valence-electron chi connectivity index (χ2n) is 4.67. The molecule has 2 N–H and O–H groups in total. The van der Waals surface area contributed by atoms with Crippen molar-refractivity contribution in [2.24, 2.45) is 5.73 Å². The Morgan fingerprint density at radius 3 is 2.29 bits per heavy atom. The fourth-order valence-electron chi connectivity index (χ4n) is 2.57. The van der Waals surface area contributed by atoms with Gasteiger partial charge >= 0.3 is 0 Å². The van der Waals surface area contributed by atoms with Gasteiger partial charge in [0.15, 0.2) is 0 Å². The first-order chi connectivity index (χ1) is 8.11. The molecule has 1 aromatic rings. The van der Waals surface area contributed by atoms with Crippen LogP contribution in [-0.2, 0) is 0 Å². The molecule has 1 rings (SSSR count). The summed E-state index contributed by atoms with van der Waals surface area (Å²) in [6.07, 6.45) is 4.52. The fourth-order valence-corrected chi connectivity index (χ4v) is 2.57. The molecule has 94 valence electrons. The van der Waals surface area contributed by atoms with Crippen molar-refractivity contribution in [1.82, 2.24) is 0 Å². The third kappa shape index (κ3) is 3.32. The number of carbonyl (C=O) groups is 1. The van der Waals surface area contributed by atoms with E-state index < -0.39 is 0 Å². The Morgan fingerprint density at radius 2 is 1.82 bits per heavy atom. The van der Waals surface area contributed by atoms with Gasteiger partial charge in [0.2, 0.25) is 5.91 Å². The van der Waals surface area contributed by atoms with E-state index in [-0.39, 0.29) is 5.91 Å². The zero-order valence-electron chi connectivity index (χ0n) is 11.1. The van der Waals surface area contributed by atoms with E-state index in [0.29, 0.717) is 11.5 Å². The molecular weight excluding hydrogens is 210 g/mol. The molecule has 0 aliphatic rings. The van der Waals surface area contributed by atoms with E-state index in [1.807, 2.05) is 12.1 Å². The zero-order chi connectivity index (χ0) is 12.8. The van der Waals surface area contributed by atoms with Crippen molar-refractivity contribution in [3.63, 3.8) is 0 Å². The highest BCUT2D eigenvalue weighted by Gasteiger charge is 2.18. The number of primary amides is 1. The lowest BCUT2D eigenvalue weighted by molar-refractivity contribution is 0.0998. The number of hydrogen-bond donors (Lipinski definition) is 1. The van der Waals surface area contributed by atoms with Gasteiger partial charge in [-0.25, -0.2) is 0 Å². The lowest BCUT2D eigenvalue weighted by atomic mass is 9.84. The second kappa shape index (κ2) is 6.43. The van der Waals surface area contributed by atoms with Crippen molar-refractivity contribution < 1.29 is 4.79 Å². The Morgan fingerprint density at radius 1 is 1.24 bits per heavy atom. The van der Waals surface area contributed by atoms with E-state index >= 15 is 0 Å². The number of hydrogen-bond acceptors (Lipinski definition) is 1. The van der Waals surface area contributed by atoms with Gasteiger partial charge < -0.3 is 5.73 Å². The molecule has 0 spiro atoms. The smallest absolute Gasteiger partial charge is 0.248 e. The molecule has 17 heavy (non-hydrogen) atoms. The highest BCUT2D eigenvalue weighted by molar-refractivity contribution is 5.94. The largest absolute Gasteiger partial charge is 0.366 e. The summed E-state index contributed by atoms with van der Waals surface area (Å²) in [6.45, 7) is 6.44. The number of amides is 1. The van der Waals surface area contributed by atoms with Crippen molar-refractivity contribution in [2.45, 2.75) is 52.4 Å². The SMILES string of the molecule is CCCC(CCC)c1c(C)cccc1C(N)=O. The van der Waals surface area contributed by atoms with Crippen LogP contribution >= 0.6 is 0 Å². The first-order valence-electron chi connectivity index (χ1n) is 6.51. The highest BCUT2D eigenvalue weighted by Crippen LogP contribution is 2.31. The van der Waals surface area contributed by atoms with Crippen molar-refractivity contribution in [3.8, 4) is 0 Å². The summed E-state index contributed by atoms with van der Waals surface area (Å²) in [6, 6.07) is 5.83. The van der Waals surface area contributed by atoms with Gasteiger partial charge in [-0.2, -0.15) is 0 Å². The van der Waals surface area contributed by atoms with E-state index in [4.69, 9.17) is 5.73 Å². The molecular formula is C15H23NO. The van der Waals surface area contributed by atoms with Crippen LogP contribution in [0.3, 0.4) is 0 Å². The van der Waals surface area contributed by atoms with Gasteiger partial charge in [0.05, 0.1) is 0 Å². The molecule has 2 heteroatoms. The predicted octanol–water partition coefficient (Wildman–Crippen LogP) is 3.78. The van der Waals surface area contributed by atoms with Crippen molar-refractivity contribution in [2.75, 3.05) is 0 Å². The van der Waals surface area contributed by atoms with E-state index in [0.717, 1.165) is 25.7 Å². The van der Waals surface area contributed by atoms with Crippen LogP contribution < -0.4 is 5.73 Å². The molecule has 1 aromatic carbocycles. The lowest BCUT2D eigenvalue weighted by Crippen LogP contribution is -2.16. The van der Waals surface area contributed by atoms with Crippen LogP contribution in [0.5, 0.6) is 0 Å². The van der Waals surface area contributed by atoms with Crippen LogP contribution in [0.4, 0.5) is 0 Å². The van der Waals surface area contributed by atoms with Gasteiger partial charge in [0, 0.05) is 5.56 Å². The summed E-state index contributed by atoms with van der Waals surface area (Å²) >= 11 is 0. The molecule has 0 saturated carbocycles. The van der Waals surface area contributed by atoms with Crippen LogP contribution in [0.25, 0.3) is 0 Å². The third-order valence-corrected chi connectivity index (χ3v) is 3.27. The summed E-state index contributed by atoms with van der Waals surface area (Å²) in [5, 5.41) is 0. The third-order valence-electron chi connectivity index (χ3n) is 3.27. The van der Waals surface area contributed by atoms with Crippen molar-refractivity contribution >= 4 is 5.91 Å². The molecule has 0 radical (unpaired) electrons.